The summed E-state index contributed by atoms with van der Waals surface area (Å²) in [4.78, 5) is 16.4. The second-order valence-corrected chi connectivity index (χ2v) is 7.09. The highest BCUT2D eigenvalue weighted by molar-refractivity contribution is 7.89. The van der Waals surface area contributed by atoms with Crippen LogP contribution in [0.4, 0.5) is 0 Å². The molecule has 0 bridgehead atoms. The van der Waals surface area contributed by atoms with Crippen molar-refractivity contribution < 1.29 is 22.4 Å². The molecule has 2 aromatic carbocycles. The van der Waals surface area contributed by atoms with E-state index in [0.29, 0.717) is 17.3 Å². The van der Waals surface area contributed by atoms with Crippen LogP contribution in [-0.4, -0.2) is 19.4 Å². The first-order valence-corrected chi connectivity index (χ1v) is 9.21. The smallest absolute Gasteiger partial charge is 0.338 e. The number of hydrogen-bond donors (Lipinski definition) is 1. The van der Waals surface area contributed by atoms with E-state index in [9.17, 15) is 13.2 Å². The van der Waals surface area contributed by atoms with Gasteiger partial charge in [0.05, 0.1) is 10.5 Å². The van der Waals surface area contributed by atoms with Gasteiger partial charge in [0.2, 0.25) is 15.9 Å². The molecule has 3 rings (SSSR count). The number of hydrogen-bond acceptors (Lipinski definition) is 6. The molecule has 0 saturated carbocycles. The van der Waals surface area contributed by atoms with Gasteiger partial charge in [0, 0.05) is 5.56 Å². The number of nitrogens with two attached hydrogens (primary N) is 1. The van der Waals surface area contributed by atoms with Crippen molar-refractivity contribution in [3.05, 3.63) is 71.6 Å². The molecule has 1 heterocycles. The number of benzene rings is 2. The number of aromatic nitrogens is 1. The summed E-state index contributed by atoms with van der Waals surface area (Å²) in [7, 11) is -3.80. The second kappa shape index (κ2) is 7.11. The fourth-order valence-corrected chi connectivity index (χ4v) is 2.78. The number of esters is 1. The van der Waals surface area contributed by atoms with Crippen LogP contribution in [0.5, 0.6) is 0 Å². The fraction of sp³-hybridized carbons (Fsp3) is 0.111. The summed E-state index contributed by atoms with van der Waals surface area (Å²) >= 11 is 0. The van der Waals surface area contributed by atoms with Crippen LogP contribution < -0.4 is 5.14 Å². The molecule has 0 atom stereocenters. The first-order valence-electron chi connectivity index (χ1n) is 7.66. The summed E-state index contributed by atoms with van der Waals surface area (Å²) in [6, 6.07) is 14.6. The van der Waals surface area contributed by atoms with E-state index in [2.05, 4.69) is 4.98 Å². The van der Waals surface area contributed by atoms with Gasteiger partial charge in [0.15, 0.2) is 0 Å². The molecule has 0 radical (unpaired) electrons. The minimum absolute atomic E-state index is 0.0576. The maximum atomic E-state index is 12.1. The van der Waals surface area contributed by atoms with Gasteiger partial charge in [-0.05, 0) is 43.3 Å². The van der Waals surface area contributed by atoms with E-state index < -0.39 is 16.0 Å². The molecule has 26 heavy (non-hydrogen) atoms. The van der Waals surface area contributed by atoms with E-state index in [1.165, 1.54) is 24.3 Å². The Morgan fingerprint density at radius 2 is 1.77 bits per heavy atom. The van der Waals surface area contributed by atoms with Crippen molar-refractivity contribution in [3.8, 4) is 11.5 Å². The van der Waals surface area contributed by atoms with Gasteiger partial charge in [-0.25, -0.2) is 23.3 Å². The number of aryl methyl sites for hydroxylation is 1. The van der Waals surface area contributed by atoms with Crippen molar-refractivity contribution in [1.29, 1.82) is 0 Å². The van der Waals surface area contributed by atoms with Gasteiger partial charge in [-0.15, -0.1) is 0 Å². The number of carbonyl (C=O) groups excluding carboxylic acids is 1. The molecule has 3 aromatic rings. The predicted octanol–water partition coefficient (Wildman–Crippen LogP) is 2.65. The van der Waals surface area contributed by atoms with Crippen molar-refractivity contribution in [2.45, 2.75) is 18.4 Å². The number of oxazole rings is 1. The summed E-state index contributed by atoms with van der Waals surface area (Å²) in [5.41, 5.74) is 1.55. The normalized spacial score (nSPS) is 11.3. The lowest BCUT2D eigenvalue weighted by atomic mass is 10.2. The summed E-state index contributed by atoms with van der Waals surface area (Å²) in [6.07, 6.45) is 0. The van der Waals surface area contributed by atoms with E-state index in [1.54, 1.807) is 6.92 Å². The van der Waals surface area contributed by atoms with E-state index in [0.717, 1.165) is 5.56 Å². The van der Waals surface area contributed by atoms with Gasteiger partial charge in [-0.2, -0.15) is 0 Å². The maximum absolute atomic E-state index is 12.1. The lowest BCUT2D eigenvalue weighted by Gasteiger charge is -2.04. The Labute approximate surface area is 150 Å². The molecule has 0 amide bonds. The van der Waals surface area contributed by atoms with Crippen molar-refractivity contribution in [1.82, 2.24) is 4.98 Å². The number of nitrogens with zero attached hydrogens (tertiary/aromatic N) is 1. The van der Waals surface area contributed by atoms with Gasteiger partial charge in [0.1, 0.15) is 18.1 Å². The number of sulfonamides is 1. The standard InChI is InChI=1S/C18H16N2O5S/c1-12-16(20-17(25-12)13-5-3-2-4-6-13)11-24-18(21)14-7-9-15(10-8-14)26(19,22)23/h2-10H,11H2,1H3,(H2,19,22,23). The molecular formula is C18H16N2O5S. The molecule has 134 valence electrons. The molecule has 0 aliphatic heterocycles. The quantitative estimate of drug-likeness (QED) is 0.689. The molecule has 0 aliphatic rings. The number of rotatable bonds is 5. The van der Waals surface area contributed by atoms with Gasteiger partial charge in [-0.3, -0.25) is 0 Å². The average molecular weight is 372 g/mol. The molecular weight excluding hydrogens is 356 g/mol. The third kappa shape index (κ3) is 3.98. The highest BCUT2D eigenvalue weighted by Crippen LogP contribution is 2.22. The summed E-state index contributed by atoms with van der Waals surface area (Å²) < 4.78 is 33.3. The zero-order valence-corrected chi connectivity index (χ0v) is 14.7. The zero-order chi connectivity index (χ0) is 18.7. The van der Waals surface area contributed by atoms with Crippen molar-refractivity contribution >= 4 is 16.0 Å². The number of ether oxygens (including phenoxy) is 1. The molecule has 0 unspecified atom stereocenters. The lowest BCUT2D eigenvalue weighted by Crippen LogP contribution is -2.12. The van der Waals surface area contributed by atoms with Crippen LogP contribution in [-0.2, 0) is 21.4 Å². The lowest BCUT2D eigenvalue weighted by molar-refractivity contribution is 0.0467. The van der Waals surface area contributed by atoms with Crippen LogP contribution in [0, 0.1) is 6.92 Å². The van der Waals surface area contributed by atoms with E-state index >= 15 is 0 Å². The predicted molar refractivity (Wildman–Crippen MR) is 93.6 cm³/mol. The number of carbonyl (C=O) groups is 1. The maximum Gasteiger partial charge on any atom is 0.338 e. The zero-order valence-electron chi connectivity index (χ0n) is 13.9. The molecule has 0 spiro atoms. The highest BCUT2D eigenvalue weighted by atomic mass is 32.2. The van der Waals surface area contributed by atoms with Crippen LogP contribution in [0.2, 0.25) is 0 Å². The van der Waals surface area contributed by atoms with Crippen LogP contribution in [0.3, 0.4) is 0 Å². The minimum Gasteiger partial charge on any atom is -0.455 e. The Balaban J connectivity index is 1.69. The molecule has 0 fully saturated rings. The monoisotopic (exact) mass is 372 g/mol. The Hall–Kier alpha value is -2.97. The Morgan fingerprint density at radius 3 is 2.38 bits per heavy atom. The summed E-state index contributed by atoms with van der Waals surface area (Å²) in [6.45, 7) is 1.68. The Morgan fingerprint density at radius 1 is 1.12 bits per heavy atom. The van der Waals surface area contributed by atoms with E-state index in [4.69, 9.17) is 14.3 Å². The van der Waals surface area contributed by atoms with Gasteiger partial charge in [0.25, 0.3) is 0 Å². The van der Waals surface area contributed by atoms with Crippen LogP contribution in [0.1, 0.15) is 21.8 Å². The van der Waals surface area contributed by atoms with Crippen LogP contribution in [0.25, 0.3) is 11.5 Å². The largest absolute Gasteiger partial charge is 0.455 e. The molecule has 0 saturated heterocycles. The van der Waals surface area contributed by atoms with E-state index in [1.807, 2.05) is 30.3 Å². The summed E-state index contributed by atoms with van der Waals surface area (Å²) in [5, 5.41) is 5.02. The topological polar surface area (TPSA) is 112 Å². The molecule has 2 N–H and O–H groups in total. The minimum atomic E-state index is -3.80. The summed E-state index contributed by atoms with van der Waals surface area (Å²) in [5.74, 6) is 0.405. The van der Waals surface area contributed by atoms with Gasteiger partial charge < -0.3 is 9.15 Å². The first kappa shape index (κ1) is 17.8. The van der Waals surface area contributed by atoms with Gasteiger partial charge >= 0.3 is 5.97 Å². The third-order valence-electron chi connectivity index (χ3n) is 3.67. The first-order chi connectivity index (χ1) is 12.3. The molecule has 7 nitrogen and oxygen atoms in total. The fourth-order valence-electron chi connectivity index (χ4n) is 2.26. The SMILES string of the molecule is Cc1oc(-c2ccccc2)nc1COC(=O)c1ccc(S(N)(=O)=O)cc1. The van der Waals surface area contributed by atoms with Crippen LogP contribution >= 0.6 is 0 Å². The average Bonchev–Trinajstić information content (AvgIpc) is 3.00. The second-order valence-electron chi connectivity index (χ2n) is 5.53. The molecule has 8 heteroatoms. The molecule has 0 aliphatic carbocycles. The van der Waals surface area contributed by atoms with Crippen LogP contribution in [0.15, 0.2) is 63.9 Å². The van der Waals surface area contributed by atoms with Gasteiger partial charge in [-0.1, -0.05) is 18.2 Å². The number of primary sulfonamides is 1. The third-order valence-corrected chi connectivity index (χ3v) is 4.60. The Bertz CT molecular complexity index is 1030. The van der Waals surface area contributed by atoms with E-state index in [-0.39, 0.29) is 17.1 Å². The van der Waals surface area contributed by atoms with Crippen molar-refractivity contribution in [3.63, 3.8) is 0 Å². The van der Waals surface area contributed by atoms with Crippen molar-refractivity contribution in [2.24, 2.45) is 5.14 Å². The Kier molecular flexibility index (Phi) is 4.88. The van der Waals surface area contributed by atoms with Crippen molar-refractivity contribution in [2.75, 3.05) is 0 Å². The molecule has 1 aromatic heterocycles. The highest BCUT2D eigenvalue weighted by Gasteiger charge is 2.15.